The summed E-state index contributed by atoms with van der Waals surface area (Å²) in [5.41, 5.74) is 0.685. The number of nitrogens with zero attached hydrogens (tertiary/aromatic N) is 1. The quantitative estimate of drug-likeness (QED) is 0.756. The summed E-state index contributed by atoms with van der Waals surface area (Å²) in [7, 11) is 0. The van der Waals surface area contributed by atoms with E-state index in [1.54, 1.807) is 0 Å². The molecule has 0 amide bonds. The maximum Gasteiger partial charge on any atom is 0.119 e. The molecule has 0 spiro atoms. The molecule has 0 N–H and O–H groups in total. The third-order valence-electron chi connectivity index (χ3n) is 3.17. The Labute approximate surface area is 96.9 Å². The van der Waals surface area contributed by atoms with Crippen LogP contribution in [0.3, 0.4) is 0 Å². The Balaban J connectivity index is 1.95. The predicted octanol–water partition coefficient (Wildman–Crippen LogP) is 3.52. The fraction of sp³-hybridized carbons (Fsp3) is 0.500. The third kappa shape index (κ3) is 2.76. The molecule has 1 aromatic rings. The Kier molecular flexibility index (Phi) is 3.46. The van der Waals surface area contributed by atoms with E-state index in [0.717, 1.165) is 24.5 Å². The second-order valence-electron chi connectivity index (χ2n) is 4.65. The first-order valence-corrected chi connectivity index (χ1v) is 5.95. The van der Waals surface area contributed by atoms with Gasteiger partial charge in [0.15, 0.2) is 0 Å². The first-order valence-electron chi connectivity index (χ1n) is 5.95. The van der Waals surface area contributed by atoms with Gasteiger partial charge in [-0.25, -0.2) is 0 Å². The maximum atomic E-state index is 8.69. The van der Waals surface area contributed by atoms with Gasteiger partial charge in [0.2, 0.25) is 0 Å². The highest BCUT2D eigenvalue weighted by molar-refractivity contribution is 5.34. The molecule has 2 unspecified atom stereocenters. The van der Waals surface area contributed by atoms with Crippen molar-refractivity contribution in [2.24, 2.45) is 5.92 Å². The summed E-state index contributed by atoms with van der Waals surface area (Å²) in [6, 6.07) is 9.50. The van der Waals surface area contributed by atoms with E-state index >= 15 is 0 Å². The van der Waals surface area contributed by atoms with Crippen LogP contribution in [0.4, 0.5) is 0 Å². The van der Waals surface area contributed by atoms with Gasteiger partial charge in [-0.15, -0.1) is 0 Å². The molecule has 84 valence electrons. The maximum absolute atomic E-state index is 8.69. The van der Waals surface area contributed by atoms with Crippen molar-refractivity contribution in [3.8, 4) is 11.8 Å². The van der Waals surface area contributed by atoms with Crippen molar-refractivity contribution in [2.45, 2.75) is 38.7 Å². The van der Waals surface area contributed by atoms with Gasteiger partial charge in [0, 0.05) is 0 Å². The lowest BCUT2D eigenvalue weighted by molar-refractivity contribution is 0.129. The Morgan fingerprint density at radius 1 is 1.25 bits per heavy atom. The molecule has 1 saturated carbocycles. The van der Waals surface area contributed by atoms with Gasteiger partial charge >= 0.3 is 0 Å². The first-order chi connectivity index (χ1) is 7.78. The Hall–Kier alpha value is -1.49. The lowest BCUT2D eigenvalue weighted by Crippen LogP contribution is -2.23. The zero-order valence-electron chi connectivity index (χ0n) is 9.65. The lowest BCUT2D eigenvalue weighted by atomic mass is 9.89. The zero-order chi connectivity index (χ0) is 11.4. The minimum absolute atomic E-state index is 0.358. The highest BCUT2D eigenvalue weighted by Gasteiger charge is 2.19. The Bertz CT molecular complexity index is 377. The molecule has 0 aromatic heterocycles. The minimum atomic E-state index is 0.358. The van der Waals surface area contributed by atoms with E-state index in [9.17, 15) is 0 Å². The van der Waals surface area contributed by atoms with Gasteiger partial charge in [0.1, 0.15) is 5.75 Å². The molecule has 2 heteroatoms. The smallest absolute Gasteiger partial charge is 0.119 e. The van der Waals surface area contributed by atoms with Gasteiger partial charge in [-0.05, 0) is 49.4 Å². The molecule has 1 aliphatic rings. The van der Waals surface area contributed by atoms with Crippen LogP contribution in [0, 0.1) is 17.2 Å². The largest absolute Gasteiger partial charge is 0.490 e. The minimum Gasteiger partial charge on any atom is -0.490 e. The van der Waals surface area contributed by atoms with Crippen LogP contribution in [0.2, 0.25) is 0 Å². The van der Waals surface area contributed by atoms with E-state index in [4.69, 9.17) is 10.00 Å². The topological polar surface area (TPSA) is 33.0 Å². The molecule has 0 heterocycles. The summed E-state index contributed by atoms with van der Waals surface area (Å²) in [6.45, 7) is 2.29. The summed E-state index contributed by atoms with van der Waals surface area (Å²) in [5.74, 6) is 1.66. The van der Waals surface area contributed by atoms with Crippen LogP contribution in [0.25, 0.3) is 0 Å². The van der Waals surface area contributed by atoms with Crippen molar-refractivity contribution in [1.82, 2.24) is 0 Å². The van der Waals surface area contributed by atoms with Crippen LogP contribution in [-0.2, 0) is 0 Å². The predicted molar refractivity (Wildman–Crippen MR) is 63.2 cm³/mol. The van der Waals surface area contributed by atoms with Gasteiger partial charge in [-0.2, -0.15) is 5.26 Å². The molecule has 0 aliphatic heterocycles. The van der Waals surface area contributed by atoms with Gasteiger partial charge in [0.25, 0.3) is 0 Å². The molecule has 1 aliphatic carbocycles. The summed E-state index contributed by atoms with van der Waals surface area (Å²) < 4.78 is 5.92. The fourth-order valence-corrected chi connectivity index (χ4v) is 2.29. The normalized spacial score (nSPS) is 24.8. The molecule has 16 heavy (non-hydrogen) atoms. The molecule has 2 atom stereocenters. The van der Waals surface area contributed by atoms with Gasteiger partial charge in [0.05, 0.1) is 17.7 Å². The molecule has 0 radical (unpaired) electrons. The Morgan fingerprint density at radius 3 is 2.62 bits per heavy atom. The van der Waals surface area contributed by atoms with E-state index in [-0.39, 0.29) is 0 Å². The van der Waals surface area contributed by atoms with Crippen molar-refractivity contribution in [3.05, 3.63) is 29.8 Å². The summed E-state index contributed by atoms with van der Waals surface area (Å²) in [4.78, 5) is 0. The van der Waals surface area contributed by atoms with Crippen molar-refractivity contribution in [1.29, 1.82) is 5.26 Å². The highest BCUT2D eigenvalue weighted by Crippen LogP contribution is 2.27. The SMILES string of the molecule is CC1CCCC(Oc2ccc(C#N)cc2)C1. The van der Waals surface area contributed by atoms with Crippen molar-refractivity contribution < 1.29 is 4.74 Å². The lowest BCUT2D eigenvalue weighted by Gasteiger charge is -2.27. The number of benzene rings is 1. The zero-order valence-corrected chi connectivity index (χ0v) is 9.65. The van der Waals surface area contributed by atoms with Crippen LogP contribution >= 0.6 is 0 Å². The second kappa shape index (κ2) is 5.03. The van der Waals surface area contributed by atoms with Crippen LogP contribution in [0.5, 0.6) is 5.75 Å². The third-order valence-corrected chi connectivity index (χ3v) is 3.17. The van der Waals surface area contributed by atoms with Gasteiger partial charge in [-0.3, -0.25) is 0 Å². The number of hydrogen-bond donors (Lipinski definition) is 0. The highest BCUT2D eigenvalue weighted by atomic mass is 16.5. The molecule has 2 rings (SSSR count). The molecule has 1 aromatic carbocycles. The van der Waals surface area contributed by atoms with E-state index in [2.05, 4.69) is 13.0 Å². The van der Waals surface area contributed by atoms with E-state index in [0.29, 0.717) is 11.7 Å². The molecule has 0 bridgehead atoms. The summed E-state index contributed by atoms with van der Waals surface area (Å²) in [5, 5.41) is 8.69. The van der Waals surface area contributed by atoms with Crippen molar-refractivity contribution >= 4 is 0 Å². The molecule has 0 saturated heterocycles. The average molecular weight is 215 g/mol. The van der Waals surface area contributed by atoms with Crippen molar-refractivity contribution in [3.63, 3.8) is 0 Å². The molecule has 2 nitrogen and oxygen atoms in total. The molecule has 1 fully saturated rings. The monoisotopic (exact) mass is 215 g/mol. The average Bonchev–Trinajstić information content (AvgIpc) is 2.30. The number of rotatable bonds is 2. The van der Waals surface area contributed by atoms with Crippen LogP contribution < -0.4 is 4.74 Å². The molecular weight excluding hydrogens is 198 g/mol. The number of nitriles is 1. The Morgan fingerprint density at radius 2 is 2.00 bits per heavy atom. The van der Waals surface area contributed by atoms with Gasteiger partial charge in [-0.1, -0.05) is 13.3 Å². The van der Waals surface area contributed by atoms with Crippen LogP contribution in [-0.4, -0.2) is 6.10 Å². The second-order valence-corrected chi connectivity index (χ2v) is 4.65. The van der Waals surface area contributed by atoms with E-state index in [1.165, 1.54) is 12.8 Å². The summed E-state index contributed by atoms with van der Waals surface area (Å²) >= 11 is 0. The van der Waals surface area contributed by atoms with Crippen LogP contribution in [0.15, 0.2) is 24.3 Å². The van der Waals surface area contributed by atoms with Crippen molar-refractivity contribution in [2.75, 3.05) is 0 Å². The number of ether oxygens (including phenoxy) is 1. The fourth-order valence-electron chi connectivity index (χ4n) is 2.29. The van der Waals surface area contributed by atoms with Gasteiger partial charge < -0.3 is 4.74 Å². The first kappa shape index (κ1) is 11.0. The van der Waals surface area contributed by atoms with E-state index < -0.39 is 0 Å². The number of hydrogen-bond acceptors (Lipinski definition) is 2. The van der Waals surface area contributed by atoms with Crippen LogP contribution in [0.1, 0.15) is 38.2 Å². The summed E-state index contributed by atoms with van der Waals surface area (Å²) in [6.07, 6.45) is 5.26. The van der Waals surface area contributed by atoms with E-state index in [1.807, 2.05) is 24.3 Å². The molecular formula is C14H17NO. The standard InChI is InChI=1S/C14H17NO/c1-11-3-2-4-14(9-11)16-13-7-5-12(10-15)6-8-13/h5-8,11,14H,2-4,9H2,1H3.